The minimum atomic E-state index is 1.03. The summed E-state index contributed by atoms with van der Waals surface area (Å²) >= 11 is 0. The van der Waals surface area contributed by atoms with Crippen LogP contribution in [-0.2, 0) is 19.3 Å². The van der Waals surface area contributed by atoms with Crippen LogP contribution in [0.15, 0.2) is 72.8 Å². The number of rotatable bonds is 9. The van der Waals surface area contributed by atoms with E-state index in [1.807, 2.05) is 0 Å². The van der Waals surface area contributed by atoms with E-state index in [1.165, 1.54) is 59.9 Å². The van der Waals surface area contributed by atoms with Gasteiger partial charge in [0.25, 0.3) is 0 Å². The molecule has 0 aliphatic carbocycles. The summed E-state index contributed by atoms with van der Waals surface area (Å²) in [6, 6.07) is 26.8. The molecule has 0 radical (unpaired) electrons. The highest BCUT2D eigenvalue weighted by molar-refractivity contribution is 5.39. The molecule has 3 rings (SSSR count). The van der Waals surface area contributed by atoms with Gasteiger partial charge in [0.1, 0.15) is 0 Å². The first-order valence-electron chi connectivity index (χ1n) is 10.5. The maximum absolute atomic E-state index is 2.47. The molecule has 0 N–H and O–H groups in total. The second-order valence-electron chi connectivity index (χ2n) is 7.68. The summed E-state index contributed by atoms with van der Waals surface area (Å²) in [5.74, 6) is 0. The van der Waals surface area contributed by atoms with Gasteiger partial charge in [0.15, 0.2) is 0 Å². The van der Waals surface area contributed by atoms with Gasteiger partial charge in [-0.3, -0.25) is 0 Å². The third-order valence-electron chi connectivity index (χ3n) is 5.46. The van der Waals surface area contributed by atoms with Gasteiger partial charge in [-0.05, 0) is 66.0 Å². The fourth-order valence-corrected chi connectivity index (χ4v) is 3.78. The van der Waals surface area contributed by atoms with E-state index >= 15 is 0 Å². The highest BCUT2D eigenvalue weighted by Crippen LogP contribution is 2.22. The molecule has 0 amide bonds. The molecule has 0 heterocycles. The van der Waals surface area contributed by atoms with E-state index in [4.69, 9.17) is 0 Å². The first kappa shape index (κ1) is 19.4. The van der Waals surface area contributed by atoms with Crippen LogP contribution in [0, 0.1) is 6.92 Å². The maximum Gasteiger partial charge on any atom is -0.00230 e. The average molecular weight is 357 g/mol. The van der Waals surface area contributed by atoms with Crippen molar-refractivity contribution in [3.05, 3.63) is 106 Å². The van der Waals surface area contributed by atoms with E-state index in [-0.39, 0.29) is 0 Å². The number of hydrogen-bond donors (Lipinski definition) is 0. The summed E-state index contributed by atoms with van der Waals surface area (Å²) in [6.45, 7) is 4.49. The summed E-state index contributed by atoms with van der Waals surface area (Å²) in [7, 11) is 0. The number of benzene rings is 3. The Kier molecular flexibility index (Phi) is 7.27. The standard InChI is InChI=1S/C27H32/c1-3-4-5-9-16-26-21-24(20-25-15-11-10-12-22(25)2)17-18-27(26)19-23-13-7-6-8-14-23/h6-8,10-15,17-18,21H,3-5,9,16,19-20H2,1-2H3. The third-order valence-corrected chi connectivity index (χ3v) is 5.46. The molecule has 0 aliphatic heterocycles. The molecule has 0 saturated heterocycles. The molecular formula is C27H32. The summed E-state index contributed by atoms with van der Waals surface area (Å²) in [6.07, 6.45) is 8.53. The van der Waals surface area contributed by atoms with Crippen molar-refractivity contribution in [3.8, 4) is 0 Å². The van der Waals surface area contributed by atoms with Crippen LogP contribution in [-0.4, -0.2) is 0 Å². The quantitative estimate of drug-likeness (QED) is 0.353. The molecule has 3 aromatic carbocycles. The second-order valence-corrected chi connectivity index (χ2v) is 7.68. The van der Waals surface area contributed by atoms with Gasteiger partial charge in [0, 0.05) is 0 Å². The summed E-state index contributed by atoms with van der Waals surface area (Å²) in [5, 5.41) is 0. The Morgan fingerprint density at radius 3 is 2.11 bits per heavy atom. The monoisotopic (exact) mass is 356 g/mol. The average Bonchev–Trinajstić information content (AvgIpc) is 2.69. The summed E-state index contributed by atoms with van der Waals surface area (Å²) in [4.78, 5) is 0. The molecule has 3 aromatic rings. The normalized spacial score (nSPS) is 10.9. The molecule has 0 atom stereocenters. The zero-order valence-electron chi connectivity index (χ0n) is 16.9. The lowest BCUT2D eigenvalue weighted by Gasteiger charge is -2.13. The van der Waals surface area contributed by atoms with Crippen LogP contribution in [0.1, 0.15) is 66.0 Å². The second kappa shape index (κ2) is 10.1. The van der Waals surface area contributed by atoms with Crippen molar-refractivity contribution in [2.45, 2.75) is 58.8 Å². The predicted octanol–water partition coefficient (Wildman–Crippen LogP) is 7.30. The van der Waals surface area contributed by atoms with Crippen molar-refractivity contribution in [3.63, 3.8) is 0 Å². The van der Waals surface area contributed by atoms with Crippen LogP contribution >= 0.6 is 0 Å². The lowest BCUT2D eigenvalue weighted by Crippen LogP contribution is -2.00. The summed E-state index contributed by atoms with van der Waals surface area (Å²) < 4.78 is 0. The molecule has 0 bridgehead atoms. The highest BCUT2D eigenvalue weighted by Gasteiger charge is 2.07. The van der Waals surface area contributed by atoms with Crippen molar-refractivity contribution in [1.29, 1.82) is 0 Å². The van der Waals surface area contributed by atoms with Crippen LogP contribution in [0.3, 0.4) is 0 Å². The first-order chi connectivity index (χ1) is 13.3. The van der Waals surface area contributed by atoms with Gasteiger partial charge in [-0.1, -0.05) is 99.0 Å². The van der Waals surface area contributed by atoms with E-state index in [0.717, 1.165) is 12.8 Å². The van der Waals surface area contributed by atoms with Gasteiger partial charge in [0.2, 0.25) is 0 Å². The molecule has 0 saturated carbocycles. The van der Waals surface area contributed by atoms with Gasteiger partial charge in [0.05, 0.1) is 0 Å². The Balaban J connectivity index is 1.80. The van der Waals surface area contributed by atoms with Crippen molar-refractivity contribution >= 4 is 0 Å². The van der Waals surface area contributed by atoms with Crippen LogP contribution in [0.2, 0.25) is 0 Å². The van der Waals surface area contributed by atoms with Crippen LogP contribution in [0.4, 0.5) is 0 Å². The van der Waals surface area contributed by atoms with E-state index in [0.29, 0.717) is 0 Å². The van der Waals surface area contributed by atoms with Crippen LogP contribution in [0.5, 0.6) is 0 Å². The van der Waals surface area contributed by atoms with E-state index < -0.39 is 0 Å². The fraction of sp³-hybridized carbons (Fsp3) is 0.333. The maximum atomic E-state index is 2.47. The molecule has 0 unspecified atom stereocenters. The lowest BCUT2D eigenvalue weighted by atomic mass is 9.92. The first-order valence-corrected chi connectivity index (χ1v) is 10.5. The largest absolute Gasteiger partial charge is 0.0654 e. The molecule has 27 heavy (non-hydrogen) atoms. The van der Waals surface area contributed by atoms with E-state index in [2.05, 4.69) is 86.6 Å². The molecule has 0 aliphatic rings. The highest BCUT2D eigenvalue weighted by atomic mass is 14.1. The molecule has 140 valence electrons. The fourth-order valence-electron chi connectivity index (χ4n) is 3.78. The Bertz CT molecular complexity index is 830. The van der Waals surface area contributed by atoms with E-state index in [9.17, 15) is 0 Å². The smallest absolute Gasteiger partial charge is 0.00230 e. The zero-order valence-corrected chi connectivity index (χ0v) is 16.9. The molecule has 0 spiro atoms. The van der Waals surface area contributed by atoms with Crippen molar-refractivity contribution in [2.75, 3.05) is 0 Å². The Labute approximate surface area is 165 Å². The molecule has 0 heteroatoms. The number of unbranched alkanes of at least 4 members (excludes halogenated alkanes) is 3. The van der Waals surface area contributed by atoms with Crippen molar-refractivity contribution < 1.29 is 0 Å². The van der Waals surface area contributed by atoms with Crippen molar-refractivity contribution in [2.24, 2.45) is 0 Å². The topological polar surface area (TPSA) is 0 Å². The van der Waals surface area contributed by atoms with Gasteiger partial charge in [-0.15, -0.1) is 0 Å². The molecule has 0 nitrogen and oxygen atoms in total. The van der Waals surface area contributed by atoms with Crippen molar-refractivity contribution in [1.82, 2.24) is 0 Å². The number of hydrogen-bond acceptors (Lipinski definition) is 0. The van der Waals surface area contributed by atoms with Crippen LogP contribution in [0.25, 0.3) is 0 Å². The molecular weight excluding hydrogens is 324 g/mol. The predicted molar refractivity (Wildman–Crippen MR) is 118 cm³/mol. The van der Waals surface area contributed by atoms with Gasteiger partial charge in [-0.2, -0.15) is 0 Å². The van der Waals surface area contributed by atoms with Gasteiger partial charge >= 0.3 is 0 Å². The number of aryl methyl sites for hydroxylation is 2. The lowest BCUT2D eigenvalue weighted by molar-refractivity contribution is 0.665. The van der Waals surface area contributed by atoms with Gasteiger partial charge in [-0.25, -0.2) is 0 Å². The molecule has 0 fully saturated rings. The molecule has 0 aromatic heterocycles. The van der Waals surface area contributed by atoms with Gasteiger partial charge < -0.3 is 0 Å². The minimum Gasteiger partial charge on any atom is -0.0654 e. The SMILES string of the molecule is CCCCCCc1cc(Cc2ccccc2C)ccc1Cc1ccccc1. The minimum absolute atomic E-state index is 1.03. The Morgan fingerprint density at radius 2 is 1.33 bits per heavy atom. The Hall–Kier alpha value is -2.34. The zero-order chi connectivity index (χ0) is 18.9. The Morgan fingerprint density at radius 1 is 0.593 bits per heavy atom. The van der Waals surface area contributed by atoms with Crippen LogP contribution < -0.4 is 0 Å². The van der Waals surface area contributed by atoms with E-state index in [1.54, 1.807) is 5.56 Å². The summed E-state index contributed by atoms with van der Waals surface area (Å²) in [5.41, 5.74) is 8.69. The third kappa shape index (κ3) is 5.82.